The Morgan fingerprint density at radius 2 is 2.32 bits per heavy atom. The van der Waals surface area contributed by atoms with Crippen LogP contribution in [0, 0.1) is 12.3 Å². The van der Waals surface area contributed by atoms with Crippen LogP contribution in [0.5, 0.6) is 0 Å². The molecule has 2 aliphatic heterocycles. The van der Waals surface area contributed by atoms with Crippen molar-refractivity contribution in [2.24, 2.45) is 5.41 Å². The number of carbonyl (C=O) groups excluding carboxylic acids is 1. The first-order valence-corrected chi connectivity index (χ1v) is 7.94. The van der Waals surface area contributed by atoms with Crippen LogP contribution in [-0.2, 0) is 16.1 Å². The number of aromatic nitrogens is 2. The Morgan fingerprint density at radius 1 is 1.41 bits per heavy atom. The lowest BCUT2D eigenvalue weighted by Crippen LogP contribution is -2.46. The highest BCUT2D eigenvalue weighted by molar-refractivity contribution is 5.77. The molecule has 0 bridgehead atoms. The van der Waals surface area contributed by atoms with E-state index in [1.807, 2.05) is 23.4 Å². The molecule has 1 atom stereocenters. The molecule has 0 saturated carbocycles. The summed E-state index contributed by atoms with van der Waals surface area (Å²) in [6.45, 7) is 5.12. The minimum Gasteiger partial charge on any atom is -0.381 e. The number of pyridine rings is 1. The van der Waals surface area contributed by atoms with Crippen LogP contribution in [0.4, 0.5) is 0 Å². The standard InChI is InChI=1S/C17H21N3O2/c1-13-3-2-7-20-14(9-18-16(13)20)10-19-11-17(5-4-15(19)21)6-8-22-12-17/h2-3,7,9H,4-6,8,10-12H2,1H3/t17-/m0/s1. The highest BCUT2D eigenvalue weighted by atomic mass is 16.5. The lowest BCUT2D eigenvalue weighted by Gasteiger charge is -2.39. The first-order valence-electron chi connectivity index (χ1n) is 7.94. The lowest BCUT2D eigenvalue weighted by molar-refractivity contribution is -0.138. The summed E-state index contributed by atoms with van der Waals surface area (Å²) in [5, 5.41) is 0. The minimum atomic E-state index is 0.185. The van der Waals surface area contributed by atoms with Crippen molar-refractivity contribution >= 4 is 11.6 Å². The molecule has 2 aliphatic rings. The molecule has 22 heavy (non-hydrogen) atoms. The van der Waals surface area contributed by atoms with E-state index in [1.165, 1.54) is 0 Å². The number of hydrogen-bond acceptors (Lipinski definition) is 3. The normalized spacial score (nSPS) is 25.5. The van der Waals surface area contributed by atoms with Crippen molar-refractivity contribution in [1.82, 2.24) is 14.3 Å². The van der Waals surface area contributed by atoms with Crippen LogP contribution in [0.3, 0.4) is 0 Å². The van der Waals surface area contributed by atoms with E-state index in [4.69, 9.17) is 4.74 Å². The topological polar surface area (TPSA) is 46.8 Å². The van der Waals surface area contributed by atoms with Gasteiger partial charge in [0.05, 0.1) is 25.0 Å². The molecule has 0 aromatic carbocycles. The van der Waals surface area contributed by atoms with Gasteiger partial charge in [-0.1, -0.05) is 6.07 Å². The van der Waals surface area contributed by atoms with Gasteiger partial charge in [-0.15, -0.1) is 0 Å². The van der Waals surface area contributed by atoms with E-state index in [9.17, 15) is 4.79 Å². The summed E-state index contributed by atoms with van der Waals surface area (Å²) in [4.78, 5) is 18.8. The maximum atomic E-state index is 12.3. The Hall–Kier alpha value is -1.88. The lowest BCUT2D eigenvalue weighted by atomic mass is 9.79. The van der Waals surface area contributed by atoms with Crippen molar-refractivity contribution in [3.63, 3.8) is 0 Å². The Kier molecular flexibility index (Phi) is 3.18. The second-order valence-corrected chi connectivity index (χ2v) is 6.69. The molecule has 5 nitrogen and oxygen atoms in total. The molecule has 0 aliphatic carbocycles. The zero-order valence-electron chi connectivity index (χ0n) is 12.9. The molecule has 4 rings (SSSR count). The first-order chi connectivity index (χ1) is 10.7. The molecule has 1 amide bonds. The summed E-state index contributed by atoms with van der Waals surface area (Å²) in [6.07, 6.45) is 6.59. The zero-order chi connectivity index (χ0) is 15.2. The van der Waals surface area contributed by atoms with Crippen molar-refractivity contribution in [2.45, 2.75) is 32.7 Å². The molecular formula is C17H21N3O2. The number of fused-ring (bicyclic) bond motifs is 1. The summed E-state index contributed by atoms with van der Waals surface area (Å²) in [7, 11) is 0. The molecule has 0 radical (unpaired) electrons. The molecule has 2 aromatic rings. The van der Waals surface area contributed by atoms with Crippen LogP contribution in [0.25, 0.3) is 5.65 Å². The van der Waals surface area contributed by atoms with Crippen molar-refractivity contribution in [3.05, 3.63) is 35.8 Å². The smallest absolute Gasteiger partial charge is 0.222 e. The van der Waals surface area contributed by atoms with E-state index >= 15 is 0 Å². The van der Waals surface area contributed by atoms with Gasteiger partial charge in [-0.3, -0.25) is 4.79 Å². The fourth-order valence-electron chi connectivity index (χ4n) is 3.73. The molecule has 0 N–H and O–H groups in total. The van der Waals surface area contributed by atoms with Crippen molar-refractivity contribution < 1.29 is 9.53 Å². The molecular weight excluding hydrogens is 278 g/mol. The van der Waals surface area contributed by atoms with Crippen LogP contribution in [-0.4, -0.2) is 40.0 Å². The first kappa shape index (κ1) is 13.8. The summed E-state index contributed by atoms with van der Waals surface area (Å²) in [5.74, 6) is 0.250. The van der Waals surface area contributed by atoms with Crippen molar-refractivity contribution in [3.8, 4) is 0 Å². The Labute approximate surface area is 129 Å². The Bertz CT molecular complexity index is 716. The van der Waals surface area contributed by atoms with Gasteiger partial charge in [-0.05, 0) is 31.4 Å². The van der Waals surface area contributed by atoms with E-state index in [0.29, 0.717) is 13.0 Å². The Balaban J connectivity index is 1.60. The molecule has 116 valence electrons. The van der Waals surface area contributed by atoms with Crippen molar-refractivity contribution in [1.29, 1.82) is 0 Å². The van der Waals surface area contributed by atoms with Gasteiger partial charge in [0.1, 0.15) is 5.65 Å². The second-order valence-electron chi connectivity index (χ2n) is 6.69. The molecule has 4 heterocycles. The van der Waals surface area contributed by atoms with Gasteiger partial charge in [0, 0.05) is 31.2 Å². The molecule has 2 saturated heterocycles. The van der Waals surface area contributed by atoms with Gasteiger partial charge in [-0.2, -0.15) is 0 Å². The van der Waals surface area contributed by atoms with Crippen molar-refractivity contribution in [2.75, 3.05) is 19.8 Å². The summed E-state index contributed by atoms with van der Waals surface area (Å²) in [6, 6.07) is 4.08. The molecule has 2 aromatic heterocycles. The summed E-state index contributed by atoms with van der Waals surface area (Å²) in [5.41, 5.74) is 3.38. The Morgan fingerprint density at radius 3 is 3.14 bits per heavy atom. The van der Waals surface area contributed by atoms with E-state index in [1.54, 1.807) is 0 Å². The number of likely N-dealkylation sites (tertiary alicyclic amines) is 1. The number of aryl methyl sites for hydroxylation is 1. The SMILES string of the molecule is Cc1cccn2c(CN3C[C@@]4(CCOC4)CCC3=O)cnc12. The quantitative estimate of drug-likeness (QED) is 0.854. The number of ether oxygens (including phenoxy) is 1. The number of nitrogens with zero attached hydrogens (tertiary/aromatic N) is 3. The highest BCUT2D eigenvalue weighted by Crippen LogP contribution is 2.38. The van der Waals surface area contributed by atoms with Crippen LogP contribution < -0.4 is 0 Å². The maximum Gasteiger partial charge on any atom is 0.222 e. The highest BCUT2D eigenvalue weighted by Gasteiger charge is 2.41. The monoisotopic (exact) mass is 299 g/mol. The minimum absolute atomic E-state index is 0.185. The maximum absolute atomic E-state index is 12.3. The van der Waals surface area contributed by atoms with Gasteiger partial charge < -0.3 is 14.0 Å². The van der Waals surface area contributed by atoms with Crippen LogP contribution >= 0.6 is 0 Å². The van der Waals surface area contributed by atoms with Crippen LogP contribution in [0.2, 0.25) is 0 Å². The third kappa shape index (κ3) is 2.20. The average molecular weight is 299 g/mol. The van der Waals surface area contributed by atoms with Gasteiger partial charge in [-0.25, -0.2) is 4.98 Å². The molecule has 1 spiro atoms. The largest absolute Gasteiger partial charge is 0.381 e. The fraction of sp³-hybridized carbons (Fsp3) is 0.529. The third-order valence-electron chi connectivity index (χ3n) is 5.09. The number of amides is 1. The van der Waals surface area contributed by atoms with E-state index in [0.717, 1.165) is 49.5 Å². The number of hydrogen-bond donors (Lipinski definition) is 0. The second kappa shape index (κ2) is 5.09. The van der Waals surface area contributed by atoms with Gasteiger partial charge in [0.15, 0.2) is 0 Å². The number of rotatable bonds is 2. The zero-order valence-corrected chi connectivity index (χ0v) is 12.9. The summed E-state index contributed by atoms with van der Waals surface area (Å²) < 4.78 is 7.68. The van der Waals surface area contributed by atoms with Gasteiger partial charge >= 0.3 is 0 Å². The third-order valence-corrected chi connectivity index (χ3v) is 5.09. The fourth-order valence-corrected chi connectivity index (χ4v) is 3.73. The number of carbonyl (C=O) groups is 1. The van der Waals surface area contributed by atoms with Gasteiger partial charge in [0.25, 0.3) is 0 Å². The number of piperidine rings is 1. The van der Waals surface area contributed by atoms with Gasteiger partial charge in [0.2, 0.25) is 5.91 Å². The van der Waals surface area contributed by atoms with E-state index in [-0.39, 0.29) is 11.3 Å². The predicted molar refractivity (Wildman–Crippen MR) is 82.4 cm³/mol. The predicted octanol–water partition coefficient (Wildman–Crippen LogP) is 2.17. The van der Waals surface area contributed by atoms with E-state index in [2.05, 4.69) is 22.4 Å². The van der Waals surface area contributed by atoms with E-state index < -0.39 is 0 Å². The molecule has 5 heteroatoms. The molecule has 2 fully saturated rings. The van der Waals surface area contributed by atoms with Crippen LogP contribution in [0.15, 0.2) is 24.5 Å². The average Bonchev–Trinajstić information content (AvgIpc) is 3.12. The van der Waals surface area contributed by atoms with Crippen LogP contribution in [0.1, 0.15) is 30.5 Å². The molecule has 0 unspecified atom stereocenters. The summed E-state index contributed by atoms with van der Waals surface area (Å²) >= 11 is 0. The number of imidazole rings is 1.